The fourth-order valence-corrected chi connectivity index (χ4v) is 1.15. The highest BCUT2D eigenvalue weighted by molar-refractivity contribution is 4.45. The molecule has 3 nitrogen and oxygen atoms in total. The lowest BCUT2D eigenvalue weighted by Crippen LogP contribution is -2.08. The van der Waals surface area contributed by atoms with Gasteiger partial charge in [0.1, 0.15) is 0 Å². The van der Waals surface area contributed by atoms with Gasteiger partial charge < -0.3 is 5.11 Å². The highest BCUT2D eigenvalue weighted by Gasteiger charge is 2.01. The number of rotatable bonds is 8. The zero-order valence-corrected chi connectivity index (χ0v) is 7.83. The van der Waals surface area contributed by atoms with E-state index in [1.807, 2.05) is 0 Å². The molecule has 0 saturated carbocycles. The first kappa shape index (κ1) is 11.9. The Morgan fingerprint density at radius 1 is 1.08 bits per heavy atom. The van der Waals surface area contributed by atoms with Gasteiger partial charge in [0.25, 0.3) is 0 Å². The average molecular weight is 176 g/mol. The molecule has 1 unspecified atom stereocenters. The molecule has 74 valence electrons. The van der Waals surface area contributed by atoms with Gasteiger partial charge in [0.05, 0.1) is 0 Å². The van der Waals surface area contributed by atoms with Gasteiger partial charge in [-0.1, -0.05) is 39.0 Å². The maximum Gasteiger partial charge on any atom is 0.188 e. The molecule has 0 spiro atoms. The Balaban J connectivity index is 2.90. The standard InChI is InChI=1S/C9H20O3/c1-2-3-4-5-6-7-8-9(10)12-11/h9-11H,2-8H2,1H3. The van der Waals surface area contributed by atoms with Crippen LogP contribution in [0.25, 0.3) is 0 Å². The summed E-state index contributed by atoms with van der Waals surface area (Å²) in [6.07, 6.45) is 6.60. The fourth-order valence-electron chi connectivity index (χ4n) is 1.15. The molecule has 1 atom stereocenters. The average Bonchev–Trinajstić information content (AvgIpc) is 2.10. The van der Waals surface area contributed by atoms with Crippen LogP contribution < -0.4 is 0 Å². The second kappa shape index (κ2) is 8.97. The number of hydrogen-bond donors (Lipinski definition) is 2. The smallest absolute Gasteiger partial charge is 0.188 e. The molecule has 0 bridgehead atoms. The van der Waals surface area contributed by atoms with Crippen LogP contribution in [0.1, 0.15) is 51.9 Å². The third kappa shape index (κ3) is 7.98. The van der Waals surface area contributed by atoms with Crippen molar-refractivity contribution in [3.05, 3.63) is 0 Å². The van der Waals surface area contributed by atoms with Crippen LogP contribution in [0.3, 0.4) is 0 Å². The van der Waals surface area contributed by atoms with Crippen LogP contribution >= 0.6 is 0 Å². The van der Waals surface area contributed by atoms with Gasteiger partial charge >= 0.3 is 0 Å². The second-order valence-electron chi connectivity index (χ2n) is 3.12. The highest BCUT2D eigenvalue weighted by atomic mass is 17.1. The van der Waals surface area contributed by atoms with Gasteiger partial charge in [-0.25, -0.2) is 10.1 Å². The fraction of sp³-hybridized carbons (Fsp3) is 1.00. The predicted molar refractivity (Wildman–Crippen MR) is 47.7 cm³/mol. The van der Waals surface area contributed by atoms with Crippen LogP contribution in [0, 0.1) is 0 Å². The Morgan fingerprint density at radius 2 is 1.67 bits per heavy atom. The quantitative estimate of drug-likeness (QED) is 0.258. The van der Waals surface area contributed by atoms with Crippen LogP contribution in [0.4, 0.5) is 0 Å². The summed E-state index contributed by atoms with van der Waals surface area (Å²) in [5.41, 5.74) is 0. The Labute approximate surface area is 74.3 Å². The molecule has 0 aliphatic carbocycles. The second-order valence-corrected chi connectivity index (χ2v) is 3.12. The molecular weight excluding hydrogens is 156 g/mol. The predicted octanol–water partition coefficient (Wildman–Crippen LogP) is 2.55. The Bertz CT molecular complexity index is 85.8. The van der Waals surface area contributed by atoms with Crippen molar-refractivity contribution in [3.8, 4) is 0 Å². The molecule has 0 amide bonds. The molecule has 0 radical (unpaired) electrons. The van der Waals surface area contributed by atoms with Gasteiger partial charge in [-0.15, -0.1) is 0 Å². The van der Waals surface area contributed by atoms with Crippen molar-refractivity contribution in [2.75, 3.05) is 0 Å². The molecule has 0 aliphatic heterocycles. The van der Waals surface area contributed by atoms with Crippen molar-refractivity contribution in [2.24, 2.45) is 0 Å². The van der Waals surface area contributed by atoms with Crippen molar-refractivity contribution >= 4 is 0 Å². The van der Waals surface area contributed by atoms with Crippen LogP contribution in [-0.2, 0) is 4.89 Å². The SMILES string of the molecule is CCCCCCCCC(O)OO. The minimum Gasteiger partial charge on any atom is -0.366 e. The Hall–Kier alpha value is -0.120. The lowest BCUT2D eigenvalue weighted by molar-refractivity contribution is -0.335. The van der Waals surface area contributed by atoms with Crippen molar-refractivity contribution in [1.29, 1.82) is 0 Å². The lowest BCUT2D eigenvalue weighted by Gasteiger charge is -2.05. The van der Waals surface area contributed by atoms with E-state index in [1.165, 1.54) is 25.7 Å². The number of aliphatic hydroxyl groups is 1. The largest absolute Gasteiger partial charge is 0.366 e. The summed E-state index contributed by atoms with van der Waals surface area (Å²) in [6, 6.07) is 0. The van der Waals surface area contributed by atoms with Gasteiger partial charge in [-0.05, 0) is 6.42 Å². The van der Waals surface area contributed by atoms with E-state index in [1.54, 1.807) is 0 Å². The van der Waals surface area contributed by atoms with E-state index >= 15 is 0 Å². The Morgan fingerprint density at radius 3 is 2.25 bits per heavy atom. The molecule has 0 heterocycles. The van der Waals surface area contributed by atoms with Gasteiger partial charge in [-0.3, -0.25) is 0 Å². The molecule has 0 saturated heterocycles. The molecule has 0 aromatic heterocycles. The molecule has 0 aliphatic rings. The summed E-state index contributed by atoms with van der Waals surface area (Å²) in [5, 5.41) is 16.8. The molecule has 12 heavy (non-hydrogen) atoms. The van der Waals surface area contributed by atoms with Gasteiger partial charge in [0, 0.05) is 6.42 Å². The summed E-state index contributed by atoms with van der Waals surface area (Å²) < 4.78 is 0. The van der Waals surface area contributed by atoms with E-state index in [2.05, 4.69) is 11.8 Å². The first-order valence-corrected chi connectivity index (χ1v) is 4.79. The third-order valence-corrected chi connectivity index (χ3v) is 1.93. The van der Waals surface area contributed by atoms with E-state index in [-0.39, 0.29) is 0 Å². The first-order chi connectivity index (χ1) is 5.81. The number of unbranched alkanes of at least 4 members (excludes halogenated alkanes) is 5. The maximum atomic E-state index is 8.79. The van der Waals surface area contributed by atoms with E-state index in [9.17, 15) is 0 Å². The van der Waals surface area contributed by atoms with Crippen molar-refractivity contribution < 1.29 is 15.3 Å². The van der Waals surface area contributed by atoms with E-state index < -0.39 is 6.29 Å². The van der Waals surface area contributed by atoms with Crippen molar-refractivity contribution in [1.82, 2.24) is 0 Å². The van der Waals surface area contributed by atoms with E-state index in [0.29, 0.717) is 6.42 Å². The van der Waals surface area contributed by atoms with Crippen molar-refractivity contribution in [3.63, 3.8) is 0 Å². The number of hydrogen-bond acceptors (Lipinski definition) is 3. The minimum absolute atomic E-state index is 0.530. The minimum atomic E-state index is -0.990. The molecule has 2 N–H and O–H groups in total. The highest BCUT2D eigenvalue weighted by Crippen LogP contribution is 2.08. The maximum absolute atomic E-state index is 8.79. The molecule has 0 rings (SSSR count). The van der Waals surface area contributed by atoms with Crippen LogP contribution in [-0.4, -0.2) is 16.7 Å². The van der Waals surface area contributed by atoms with Crippen LogP contribution in [0.5, 0.6) is 0 Å². The van der Waals surface area contributed by atoms with E-state index in [4.69, 9.17) is 10.4 Å². The van der Waals surface area contributed by atoms with E-state index in [0.717, 1.165) is 12.8 Å². The summed E-state index contributed by atoms with van der Waals surface area (Å²) in [5.74, 6) is 0. The third-order valence-electron chi connectivity index (χ3n) is 1.93. The van der Waals surface area contributed by atoms with Crippen LogP contribution in [0.15, 0.2) is 0 Å². The molecule has 0 aromatic carbocycles. The van der Waals surface area contributed by atoms with Gasteiger partial charge in [0.2, 0.25) is 0 Å². The molecular formula is C9H20O3. The normalized spacial score (nSPS) is 13.2. The Kier molecular flexibility index (Phi) is 8.88. The molecule has 3 heteroatoms. The lowest BCUT2D eigenvalue weighted by atomic mass is 10.1. The summed E-state index contributed by atoms with van der Waals surface area (Å²) in [7, 11) is 0. The monoisotopic (exact) mass is 176 g/mol. The number of aliphatic hydroxyl groups excluding tert-OH is 1. The summed E-state index contributed by atoms with van der Waals surface area (Å²) in [6.45, 7) is 2.18. The topological polar surface area (TPSA) is 49.7 Å². The van der Waals surface area contributed by atoms with Crippen LogP contribution in [0.2, 0.25) is 0 Å². The first-order valence-electron chi connectivity index (χ1n) is 4.79. The zero-order chi connectivity index (χ0) is 9.23. The summed E-state index contributed by atoms with van der Waals surface area (Å²) in [4.78, 5) is 3.73. The molecule has 0 fully saturated rings. The molecule has 0 aromatic rings. The van der Waals surface area contributed by atoms with Gasteiger partial charge in [-0.2, -0.15) is 0 Å². The summed E-state index contributed by atoms with van der Waals surface area (Å²) >= 11 is 0. The van der Waals surface area contributed by atoms with Crippen molar-refractivity contribution in [2.45, 2.75) is 58.2 Å². The zero-order valence-electron chi connectivity index (χ0n) is 7.83. The van der Waals surface area contributed by atoms with Gasteiger partial charge in [0.15, 0.2) is 6.29 Å².